The van der Waals surface area contributed by atoms with Gasteiger partial charge in [-0.1, -0.05) is 0 Å². The first-order valence-corrected chi connectivity index (χ1v) is 2.23. The van der Waals surface area contributed by atoms with Crippen LogP contribution in [-0.2, 0) is 19.5 Å². The van der Waals surface area contributed by atoms with Crippen molar-refractivity contribution in [2.24, 2.45) is 0 Å². The Morgan fingerprint density at radius 1 is 0.611 bits per heavy atom. The largest absolute Gasteiger partial charge is 2.00 e. The van der Waals surface area contributed by atoms with Crippen LogP contribution in [0.2, 0.25) is 0 Å². The second kappa shape index (κ2) is 29.3. The van der Waals surface area contributed by atoms with Gasteiger partial charge in [-0.25, -0.2) is 0 Å². The monoisotopic (exact) mass is 348 g/mol. The van der Waals surface area contributed by atoms with E-state index in [1.165, 1.54) is 0 Å². The molecule has 0 aromatic carbocycles. The Bertz CT molecular complexity index is 164. The summed E-state index contributed by atoms with van der Waals surface area (Å²) >= 11 is 0. The van der Waals surface area contributed by atoms with Crippen LogP contribution < -0.4 is 0 Å². The minimum Gasteiger partial charge on any atom is -0.356 e. The van der Waals surface area contributed by atoms with E-state index in [0.717, 1.165) is 0 Å². The van der Waals surface area contributed by atoms with Crippen LogP contribution in [-0.4, -0.2) is 30.8 Å². The number of rotatable bonds is 0. The van der Waals surface area contributed by atoms with Crippen molar-refractivity contribution in [2.45, 2.75) is 0 Å². The molecule has 0 atom stereocenters. The molecule has 0 aliphatic carbocycles. The number of nitrogens with zero attached hydrogens (tertiary/aromatic N) is 4. The molecular formula is H4N4O12SZn. The second-order valence-corrected chi connectivity index (χ2v) is 0.923. The average molecular weight is 350 g/mol. The zero-order chi connectivity index (χ0) is 14.3. The van der Waals surface area contributed by atoms with E-state index in [9.17, 15) is 0 Å². The van der Waals surface area contributed by atoms with Gasteiger partial charge in [0.05, 0.1) is 10.2 Å². The Kier molecular flexibility index (Phi) is 58.7. The van der Waals surface area contributed by atoms with Crippen molar-refractivity contribution in [2.75, 3.05) is 0 Å². The van der Waals surface area contributed by atoms with Crippen molar-refractivity contribution in [3.63, 3.8) is 0 Å². The topological polar surface area (TPSA) is 259 Å². The Balaban J connectivity index is -0.0000000257. The van der Waals surface area contributed by atoms with Gasteiger partial charge in [0, 0.05) is 0 Å². The molecule has 0 aliphatic rings. The summed E-state index contributed by atoms with van der Waals surface area (Å²) in [4.78, 5) is 33.2. The maximum Gasteiger partial charge on any atom is 2.00 e. The number of hydrogen-bond donors (Lipinski definition) is 2. The molecule has 18 heteroatoms. The van der Waals surface area contributed by atoms with E-state index in [2.05, 4.69) is 0 Å². The molecule has 0 bridgehead atoms. The molecule has 0 spiro atoms. The van der Waals surface area contributed by atoms with E-state index in [0.29, 0.717) is 0 Å². The summed E-state index contributed by atoms with van der Waals surface area (Å²) in [6.45, 7) is 0. The third-order valence-electron chi connectivity index (χ3n) is 0. The molecule has 104 valence electrons. The molecule has 0 unspecified atom stereocenters. The van der Waals surface area contributed by atoms with Crippen LogP contribution in [0.15, 0.2) is 0 Å². The van der Waals surface area contributed by atoms with Crippen LogP contribution in [0.3, 0.4) is 0 Å². The summed E-state index contributed by atoms with van der Waals surface area (Å²) in [5.41, 5.74) is 0. The second-order valence-electron chi connectivity index (χ2n) is 0.923. The normalized spacial score (nSPS) is 5.33. The van der Waals surface area contributed by atoms with E-state index in [1.807, 2.05) is 0 Å². The molecule has 0 aliphatic heterocycles. The van der Waals surface area contributed by atoms with Crippen LogP contribution in [0.25, 0.3) is 0 Å². The fraction of sp³-hybridized carbons (Fsp3) is 0. The SMILES string of the molecule is O=[N+]([O-])O.O=[N+]([O-])O.O=[N+]([O-])[O-].O=[N+]([O-])[O-].S.[Zn+2]. The predicted octanol–water partition coefficient (Wildman–Crippen LogP) is -1.06. The van der Waals surface area contributed by atoms with Gasteiger partial charge < -0.3 is 41.1 Å². The zero-order valence-electron chi connectivity index (χ0n) is 7.97. The van der Waals surface area contributed by atoms with Crippen LogP contribution in [0, 0.1) is 50.9 Å². The fourth-order valence-corrected chi connectivity index (χ4v) is 0. The minimum atomic E-state index is -1.75. The Labute approximate surface area is 115 Å². The van der Waals surface area contributed by atoms with E-state index in [1.54, 1.807) is 0 Å². The molecule has 2 N–H and O–H groups in total. The average Bonchev–Trinajstić information content (AvgIpc) is 1.76. The summed E-state index contributed by atoms with van der Waals surface area (Å²) in [5, 5.41) is 56.8. The molecule has 18 heavy (non-hydrogen) atoms. The molecule has 0 rings (SSSR count). The summed E-state index contributed by atoms with van der Waals surface area (Å²) < 4.78 is 0. The first-order chi connectivity index (χ1) is 6.93. The molecule has 0 aromatic rings. The summed E-state index contributed by atoms with van der Waals surface area (Å²) in [6, 6.07) is 0. The molecule has 0 saturated carbocycles. The molecule has 0 saturated heterocycles. The third-order valence-corrected chi connectivity index (χ3v) is 0. The molecular weight excluding hydrogens is 345 g/mol. The van der Waals surface area contributed by atoms with Crippen molar-refractivity contribution >= 4 is 13.5 Å². The van der Waals surface area contributed by atoms with Crippen molar-refractivity contribution in [1.82, 2.24) is 0 Å². The molecule has 0 fully saturated rings. The van der Waals surface area contributed by atoms with Gasteiger partial charge in [0.15, 0.2) is 0 Å². The number of hydrogen-bond acceptors (Lipinski definition) is 10. The van der Waals surface area contributed by atoms with E-state index in [-0.39, 0.29) is 33.0 Å². The third kappa shape index (κ3) is 453. The van der Waals surface area contributed by atoms with Gasteiger partial charge >= 0.3 is 19.5 Å². The summed E-state index contributed by atoms with van der Waals surface area (Å²) in [5.74, 6) is 0. The first-order valence-electron chi connectivity index (χ1n) is 2.23. The maximum atomic E-state index is 8.36. The van der Waals surface area contributed by atoms with Crippen LogP contribution >= 0.6 is 13.5 Å². The van der Waals surface area contributed by atoms with Gasteiger partial charge in [0.2, 0.25) is 0 Å². The quantitative estimate of drug-likeness (QED) is 0.301. The zero-order valence-corrected chi connectivity index (χ0v) is 11.9. The van der Waals surface area contributed by atoms with Crippen molar-refractivity contribution in [1.29, 1.82) is 0 Å². The van der Waals surface area contributed by atoms with Gasteiger partial charge in [-0.2, -0.15) is 13.5 Å². The smallest absolute Gasteiger partial charge is 0.356 e. The molecule has 0 amide bonds. The van der Waals surface area contributed by atoms with Gasteiger partial charge in [-0.3, -0.25) is 0 Å². The summed E-state index contributed by atoms with van der Waals surface area (Å²) in [6.07, 6.45) is 0. The van der Waals surface area contributed by atoms with Crippen molar-refractivity contribution < 1.29 is 50.2 Å². The Hall–Kier alpha value is -2.23. The van der Waals surface area contributed by atoms with Crippen molar-refractivity contribution in [3.8, 4) is 0 Å². The van der Waals surface area contributed by atoms with E-state index < -0.39 is 20.3 Å². The van der Waals surface area contributed by atoms with Gasteiger partial charge in [-0.15, -0.1) is 20.2 Å². The molecule has 0 radical (unpaired) electrons. The molecule has 16 nitrogen and oxygen atoms in total. The maximum absolute atomic E-state index is 8.36. The van der Waals surface area contributed by atoms with E-state index in [4.69, 9.17) is 61.3 Å². The first kappa shape index (κ1) is 36.0. The van der Waals surface area contributed by atoms with Crippen molar-refractivity contribution in [3.05, 3.63) is 50.9 Å². The molecule has 0 aromatic heterocycles. The predicted molar refractivity (Wildman–Crippen MR) is 48.7 cm³/mol. The summed E-state index contributed by atoms with van der Waals surface area (Å²) in [7, 11) is 0. The van der Waals surface area contributed by atoms with Crippen LogP contribution in [0.1, 0.15) is 0 Å². The van der Waals surface area contributed by atoms with Crippen LogP contribution in [0.5, 0.6) is 0 Å². The van der Waals surface area contributed by atoms with Gasteiger partial charge in [0.1, 0.15) is 0 Å². The Morgan fingerprint density at radius 3 is 0.611 bits per heavy atom. The van der Waals surface area contributed by atoms with Gasteiger partial charge in [-0.05, 0) is 0 Å². The Morgan fingerprint density at radius 2 is 0.611 bits per heavy atom. The molecule has 0 heterocycles. The standard InChI is InChI=1S/2HNO3.2NO3.H2S.Zn/c4*2-1(3)4;;/h2*(H,2,3,4);;;1H2;/q;;2*-1;;+2. The van der Waals surface area contributed by atoms with Gasteiger partial charge in [0.25, 0.3) is 10.2 Å². The van der Waals surface area contributed by atoms with Crippen LogP contribution in [0.4, 0.5) is 0 Å². The minimum absolute atomic E-state index is 0. The van der Waals surface area contributed by atoms with E-state index >= 15 is 0 Å². The fourth-order valence-electron chi connectivity index (χ4n) is 0.